The van der Waals surface area contributed by atoms with Crippen LogP contribution in [0.2, 0.25) is 0 Å². The summed E-state index contributed by atoms with van der Waals surface area (Å²) in [5, 5.41) is -0.0406. The molecule has 2 heterocycles. The molecule has 1 saturated heterocycles. The van der Waals surface area contributed by atoms with E-state index >= 15 is 0 Å². The maximum absolute atomic E-state index is 12.7. The molecule has 1 aliphatic heterocycles. The van der Waals surface area contributed by atoms with Crippen LogP contribution < -0.4 is 10.5 Å². The van der Waals surface area contributed by atoms with E-state index in [1.54, 1.807) is 23.6 Å². The van der Waals surface area contributed by atoms with Crippen LogP contribution in [0.15, 0.2) is 46.3 Å². The minimum absolute atomic E-state index is 0.0520. The lowest BCUT2D eigenvalue weighted by Crippen LogP contribution is -2.54. The van der Waals surface area contributed by atoms with Gasteiger partial charge in [-0.05, 0) is 26.0 Å². The second-order valence-electron chi connectivity index (χ2n) is 6.09. The highest BCUT2D eigenvalue weighted by atomic mass is 32.2. The second-order valence-corrected chi connectivity index (χ2v) is 7.42. The van der Waals surface area contributed by atoms with Gasteiger partial charge in [-0.3, -0.25) is 14.4 Å². The normalized spacial score (nSPS) is 15.8. The molecule has 1 fully saturated rings. The number of aromatic nitrogens is 2. The summed E-state index contributed by atoms with van der Waals surface area (Å²) in [5.41, 5.74) is 1.20. The van der Waals surface area contributed by atoms with Gasteiger partial charge < -0.3 is 14.8 Å². The quantitative estimate of drug-likeness (QED) is 0.648. The summed E-state index contributed by atoms with van der Waals surface area (Å²) in [6, 6.07) is 10.8. The lowest BCUT2D eigenvalue weighted by molar-refractivity contribution is -0.136. The number of hydrogen-bond donors (Lipinski definition) is 1. The van der Waals surface area contributed by atoms with Crippen molar-refractivity contribution in [2.75, 3.05) is 24.5 Å². The zero-order valence-electron chi connectivity index (χ0n) is 14.6. The molecule has 26 heavy (non-hydrogen) atoms. The van der Waals surface area contributed by atoms with E-state index in [4.69, 9.17) is 0 Å². The molecule has 0 saturated carbocycles. The zero-order chi connectivity index (χ0) is 18.7. The Morgan fingerprint density at radius 3 is 2.62 bits per heavy atom. The Labute approximate surface area is 155 Å². The van der Waals surface area contributed by atoms with Gasteiger partial charge >= 0.3 is 0 Å². The molecule has 3 rings (SSSR count). The van der Waals surface area contributed by atoms with Crippen LogP contribution in [0.25, 0.3) is 0 Å². The number of carbonyl (C=O) groups excluding carboxylic acids is 2. The molecular weight excluding hydrogens is 352 g/mol. The number of rotatable bonds is 4. The molecule has 7 nitrogen and oxygen atoms in total. The molecule has 0 aliphatic carbocycles. The van der Waals surface area contributed by atoms with Gasteiger partial charge in [0.05, 0.1) is 5.25 Å². The number of aryl methyl sites for hydroxylation is 1. The number of piperazine rings is 1. The predicted molar refractivity (Wildman–Crippen MR) is 100 cm³/mol. The third-order valence-electron chi connectivity index (χ3n) is 4.08. The molecule has 1 aromatic carbocycles. The van der Waals surface area contributed by atoms with Crippen molar-refractivity contribution in [1.82, 2.24) is 14.9 Å². The number of para-hydroxylation sites is 1. The smallest absolute Gasteiger partial charge is 0.251 e. The molecule has 8 heteroatoms. The standard InChI is InChI=1S/C18H20N4O3S/c1-12-10-15(23)20-18(19-12)26-13(2)17(25)21-8-9-22(16(24)11-21)14-6-4-3-5-7-14/h3-7,10,13H,8-9,11H2,1-2H3,(H,19,20,23)/t13-/m1/s1. The van der Waals surface area contributed by atoms with Gasteiger partial charge in [0.1, 0.15) is 6.54 Å². The summed E-state index contributed by atoms with van der Waals surface area (Å²) in [6.45, 7) is 4.47. The SMILES string of the molecule is Cc1cc(=O)[nH]c(S[C@H](C)C(=O)N2CCN(c3ccccc3)C(=O)C2)n1. The number of hydrogen-bond acceptors (Lipinski definition) is 5. The summed E-state index contributed by atoms with van der Waals surface area (Å²) < 4.78 is 0. The summed E-state index contributed by atoms with van der Waals surface area (Å²) in [4.78, 5) is 46.8. The fraction of sp³-hybridized carbons (Fsp3) is 0.333. The minimum atomic E-state index is -0.448. The highest BCUT2D eigenvalue weighted by molar-refractivity contribution is 8.00. The highest BCUT2D eigenvalue weighted by Gasteiger charge is 2.30. The van der Waals surface area contributed by atoms with E-state index < -0.39 is 5.25 Å². The van der Waals surface area contributed by atoms with Gasteiger partial charge in [0.15, 0.2) is 5.16 Å². The third-order valence-corrected chi connectivity index (χ3v) is 5.06. The minimum Gasteiger partial charge on any atom is -0.331 e. The van der Waals surface area contributed by atoms with Crippen molar-refractivity contribution >= 4 is 29.3 Å². The van der Waals surface area contributed by atoms with Crippen LogP contribution in [0, 0.1) is 6.92 Å². The van der Waals surface area contributed by atoms with Crippen LogP contribution in [-0.4, -0.2) is 51.6 Å². The maximum Gasteiger partial charge on any atom is 0.251 e. The molecule has 2 aromatic rings. The first-order chi connectivity index (χ1) is 12.4. The summed E-state index contributed by atoms with van der Waals surface area (Å²) in [6.07, 6.45) is 0. The van der Waals surface area contributed by atoms with E-state index in [1.165, 1.54) is 17.8 Å². The van der Waals surface area contributed by atoms with Gasteiger partial charge in [-0.25, -0.2) is 4.98 Å². The van der Waals surface area contributed by atoms with Crippen LogP contribution in [0.3, 0.4) is 0 Å². The molecule has 1 N–H and O–H groups in total. The summed E-state index contributed by atoms with van der Waals surface area (Å²) in [5.74, 6) is -0.240. The number of nitrogens with one attached hydrogen (secondary N) is 1. The Balaban J connectivity index is 1.63. The number of carbonyl (C=O) groups is 2. The van der Waals surface area contributed by atoms with Crippen molar-refractivity contribution in [3.8, 4) is 0 Å². The fourth-order valence-corrected chi connectivity index (χ4v) is 3.77. The van der Waals surface area contributed by atoms with Crippen LogP contribution in [-0.2, 0) is 9.59 Å². The molecule has 136 valence electrons. The van der Waals surface area contributed by atoms with E-state index in [2.05, 4.69) is 9.97 Å². The van der Waals surface area contributed by atoms with Crippen molar-refractivity contribution in [3.63, 3.8) is 0 Å². The number of H-pyrrole nitrogens is 1. The number of aromatic amines is 1. The maximum atomic E-state index is 12.7. The number of amides is 2. The zero-order valence-corrected chi connectivity index (χ0v) is 15.5. The Hall–Kier alpha value is -2.61. The molecule has 0 bridgehead atoms. The van der Waals surface area contributed by atoms with Crippen LogP contribution in [0.5, 0.6) is 0 Å². The highest BCUT2D eigenvalue weighted by Crippen LogP contribution is 2.22. The molecule has 1 atom stereocenters. The largest absolute Gasteiger partial charge is 0.331 e. The van der Waals surface area contributed by atoms with Crippen molar-refractivity contribution < 1.29 is 9.59 Å². The monoisotopic (exact) mass is 372 g/mol. The lowest BCUT2D eigenvalue weighted by atomic mass is 10.2. The van der Waals surface area contributed by atoms with E-state index in [9.17, 15) is 14.4 Å². The molecule has 0 unspecified atom stereocenters. The first-order valence-electron chi connectivity index (χ1n) is 8.33. The molecule has 0 spiro atoms. The van der Waals surface area contributed by atoms with Crippen molar-refractivity contribution in [1.29, 1.82) is 0 Å². The molecule has 2 amide bonds. The Kier molecular flexibility index (Phi) is 5.41. The third kappa shape index (κ3) is 4.13. The van der Waals surface area contributed by atoms with Crippen molar-refractivity contribution in [3.05, 3.63) is 52.4 Å². The molecule has 1 aromatic heterocycles. The van der Waals surface area contributed by atoms with Crippen LogP contribution in [0.1, 0.15) is 12.6 Å². The number of benzene rings is 1. The van der Waals surface area contributed by atoms with E-state index in [-0.39, 0.29) is 23.9 Å². The van der Waals surface area contributed by atoms with E-state index in [0.29, 0.717) is 23.9 Å². The van der Waals surface area contributed by atoms with Gasteiger partial charge in [0, 0.05) is 30.5 Å². The predicted octanol–water partition coefficient (Wildman–Crippen LogP) is 1.43. The van der Waals surface area contributed by atoms with Crippen molar-refractivity contribution in [2.45, 2.75) is 24.3 Å². The number of nitrogens with zero attached hydrogens (tertiary/aromatic N) is 3. The van der Waals surface area contributed by atoms with Gasteiger partial charge in [-0.15, -0.1) is 0 Å². The van der Waals surface area contributed by atoms with E-state index in [1.807, 2.05) is 30.3 Å². The Morgan fingerprint density at radius 1 is 1.23 bits per heavy atom. The Morgan fingerprint density at radius 2 is 1.96 bits per heavy atom. The van der Waals surface area contributed by atoms with Crippen LogP contribution in [0.4, 0.5) is 5.69 Å². The molecular formula is C18H20N4O3S. The van der Waals surface area contributed by atoms with Crippen LogP contribution >= 0.6 is 11.8 Å². The Bertz CT molecular complexity index is 868. The van der Waals surface area contributed by atoms with Gasteiger partial charge in [0.25, 0.3) is 5.56 Å². The fourth-order valence-electron chi connectivity index (χ4n) is 2.82. The molecule has 1 aliphatic rings. The van der Waals surface area contributed by atoms with Gasteiger partial charge in [-0.1, -0.05) is 30.0 Å². The summed E-state index contributed by atoms with van der Waals surface area (Å²) >= 11 is 1.19. The second kappa shape index (κ2) is 7.74. The first kappa shape index (κ1) is 18.2. The first-order valence-corrected chi connectivity index (χ1v) is 9.21. The summed E-state index contributed by atoms with van der Waals surface area (Å²) in [7, 11) is 0. The van der Waals surface area contributed by atoms with Crippen molar-refractivity contribution in [2.24, 2.45) is 0 Å². The number of thioether (sulfide) groups is 1. The average Bonchev–Trinajstić information content (AvgIpc) is 2.60. The number of anilines is 1. The topological polar surface area (TPSA) is 86.4 Å². The molecule has 0 radical (unpaired) electrons. The van der Waals surface area contributed by atoms with Gasteiger partial charge in [-0.2, -0.15) is 0 Å². The lowest BCUT2D eigenvalue weighted by Gasteiger charge is -2.35. The average molecular weight is 372 g/mol. The van der Waals surface area contributed by atoms with E-state index in [0.717, 1.165) is 5.69 Å². The van der Waals surface area contributed by atoms with Gasteiger partial charge in [0.2, 0.25) is 11.8 Å².